The van der Waals surface area contributed by atoms with Crippen LogP contribution in [-0.4, -0.2) is 36.1 Å². The monoisotopic (exact) mass is 237 g/mol. The van der Waals surface area contributed by atoms with E-state index in [4.69, 9.17) is 4.52 Å². The Bertz CT molecular complexity index is 389. The van der Waals surface area contributed by atoms with E-state index in [1.54, 1.807) is 13.1 Å². The number of aromatic nitrogens is 1. The third-order valence-corrected chi connectivity index (χ3v) is 3.14. The van der Waals surface area contributed by atoms with Gasteiger partial charge in [-0.15, -0.1) is 0 Å². The van der Waals surface area contributed by atoms with E-state index in [0.717, 1.165) is 31.3 Å². The van der Waals surface area contributed by atoms with Crippen molar-refractivity contribution in [2.24, 2.45) is 5.92 Å². The fraction of sp³-hybridized carbons (Fsp3) is 0.667. The average molecular weight is 237 g/mol. The second-order valence-corrected chi connectivity index (χ2v) is 4.74. The zero-order chi connectivity index (χ0) is 12.3. The first-order valence-corrected chi connectivity index (χ1v) is 6.09. The standard InChI is InChI=1S/C12H19N3O2/c1-9-4-3-5-15(7-9)8-10-6-11(14-17-10)12(16)13-2/h6,9H,3-5,7-8H2,1-2H3,(H,13,16)/t9-/m1/s1. The van der Waals surface area contributed by atoms with E-state index >= 15 is 0 Å². The van der Waals surface area contributed by atoms with E-state index in [-0.39, 0.29) is 5.91 Å². The largest absolute Gasteiger partial charge is 0.359 e. The summed E-state index contributed by atoms with van der Waals surface area (Å²) in [6.45, 7) is 5.20. The molecule has 2 heterocycles. The third kappa shape index (κ3) is 3.06. The number of piperidine rings is 1. The van der Waals surface area contributed by atoms with Crippen molar-refractivity contribution in [2.75, 3.05) is 20.1 Å². The maximum Gasteiger partial charge on any atom is 0.273 e. The number of nitrogens with zero attached hydrogens (tertiary/aromatic N) is 2. The molecule has 5 heteroatoms. The molecule has 17 heavy (non-hydrogen) atoms. The van der Waals surface area contributed by atoms with Crippen molar-refractivity contribution in [1.82, 2.24) is 15.4 Å². The van der Waals surface area contributed by atoms with E-state index in [0.29, 0.717) is 5.69 Å². The molecular formula is C12H19N3O2. The van der Waals surface area contributed by atoms with Gasteiger partial charge in [-0.2, -0.15) is 0 Å². The van der Waals surface area contributed by atoms with Crippen LogP contribution in [0.25, 0.3) is 0 Å². The summed E-state index contributed by atoms with van der Waals surface area (Å²) in [6, 6.07) is 1.72. The molecule has 0 bridgehead atoms. The molecule has 2 rings (SSSR count). The van der Waals surface area contributed by atoms with Crippen molar-refractivity contribution in [1.29, 1.82) is 0 Å². The van der Waals surface area contributed by atoms with Crippen molar-refractivity contribution < 1.29 is 9.32 Å². The molecule has 5 nitrogen and oxygen atoms in total. The highest BCUT2D eigenvalue weighted by atomic mass is 16.5. The van der Waals surface area contributed by atoms with Crippen molar-refractivity contribution in [3.63, 3.8) is 0 Å². The van der Waals surface area contributed by atoms with E-state index in [1.807, 2.05) is 0 Å². The Balaban J connectivity index is 1.94. The highest BCUT2D eigenvalue weighted by Gasteiger charge is 2.18. The second kappa shape index (κ2) is 5.31. The highest BCUT2D eigenvalue weighted by Crippen LogP contribution is 2.18. The number of amides is 1. The number of carbonyl (C=O) groups excluding carboxylic acids is 1. The molecule has 1 aromatic heterocycles. The Labute approximate surface area is 101 Å². The molecule has 1 aliphatic rings. The minimum absolute atomic E-state index is 0.202. The van der Waals surface area contributed by atoms with Gasteiger partial charge >= 0.3 is 0 Å². The quantitative estimate of drug-likeness (QED) is 0.860. The second-order valence-electron chi connectivity index (χ2n) is 4.74. The number of rotatable bonds is 3. The highest BCUT2D eigenvalue weighted by molar-refractivity contribution is 5.91. The molecule has 1 saturated heterocycles. The molecule has 1 N–H and O–H groups in total. The minimum Gasteiger partial charge on any atom is -0.359 e. The van der Waals surface area contributed by atoms with Crippen LogP contribution < -0.4 is 5.32 Å². The maximum atomic E-state index is 11.3. The van der Waals surface area contributed by atoms with E-state index in [2.05, 4.69) is 22.3 Å². The van der Waals surface area contributed by atoms with Gasteiger partial charge in [-0.25, -0.2) is 0 Å². The first-order valence-electron chi connectivity index (χ1n) is 6.09. The molecule has 0 saturated carbocycles. The van der Waals surface area contributed by atoms with Gasteiger partial charge < -0.3 is 9.84 Å². The Morgan fingerprint density at radius 1 is 1.71 bits per heavy atom. The van der Waals surface area contributed by atoms with Crippen LogP contribution in [0, 0.1) is 5.92 Å². The lowest BCUT2D eigenvalue weighted by Crippen LogP contribution is -2.33. The Hall–Kier alpha value is -1.36. The van der Waals surface area contributed by atoms with Crippen LogP contribution in [0.4, 0.5) is 0 Å². The van der Waals surface area contributed by atoms with Crippen LogP contribution in [0.1, 0.15) is 36.0 Å². The molecule has 0 aliphatic carbocycles. The van der Waals surface area contributed by atoms with Crippen molar-refractivity contribution in [3.8, 4) is 0 Å². The van der Waals surface area contributed by atoms with E-state index < -0.39 is 0 Å². The summed E-state index contributed by atoms with van der Waals surface area (Å²) in [5.74, 6) is 1.30. The van der Waals surface area contributed by atoms with Gasteiger partial charge in [0.05, 0.1) is 6.54 Å². The molecule has 0 radical (unpaired) electrons. The molecule has 1 atom stereocenters. The summed E-state index contributed by atoms with van der Waals surface area (Å²) in [6.07, 6.45) is 2.54. The molecule has 1 aromatic rings. The van der Waals surface area contributed by atoms with E-state index in [9.17, 15) is 4.79 Å². The summed E-state index contributed by atoms with van der Waals surface area (Å²) < 4.78 is 5.17. The molecular weight excluding hydrogens is 218 g/mol. The van der Waals surface area contributed by atoms with Crippen molar-refractivity contribution >= 4 is 5.91 Å². The van der Waals surface area contributed by atoms with Crippen molar-refractivity contribution in [2.45, 2.75) is 26.3 Å². The normalized spacial score (nSPS) is 21.4. The summed E-state index contributed by atoms with van der Waals surface area (Å²) >= 11 is 0. The molecule has 1 amide bonds. The minimum atomic E-state index is -0.202. The SMILES string of the molecule is CNC(=O)c1cc(CN2CCC[C@@H](C)C2)on1. The zero-order valence-electron chi connectivity index (χ0n) is 10.4. The number of hydrogen-bond donors (Lipinski definition) is 1. The maximum absolute atomic E-state index is 11.3. The van der Waals surface area contributed by atoms with Gasteiger partial charge in [0.25, 0.3) is 5.91 Å². The molecule has 94 valence electrons. The number of carbonyl (C=O) groups is 1. The van der Waals surface area contributed by atoms with Crippen LogP contribution in [0.2, 0.25) is 0 Å². The molecule has 0 spiro atoms. The lowest BCUT2D eigenvalue weighted by atomic mass is 10.0. The van der Waals surface area contributed by atoms with Gasteiger partial charge in [0.1, 0.15) is 0 Å². The van der Waals surface area contributed by atoms with Crippen LogP contribution in [0.15, 0.2) is 10.6 Å². The summed E-state index contributed by atoms with van der Waals surface area (Å²) in [4.78, 5) is 13.7. The van der Waals surface area contributed by atoms with Gasteiger partial charge in [-0.1, -0.05) is 12.1 Å². The zero-order valence-corrected chi connectivity index (χ0v) is 10.4. The number of hydrogen-bond acceptors (Lipinski definition) is 4. The predicted molar refractivity (Wildman–Crippen MR) is 63.6 cm³/mol. The Morgan fingerprint density at radius 2 is 2.53 bits per heavy atom. The van der Waals surface area contributed by atoms with Crippen LogP contribution >= 0.6 is 0 Å². The van der Waals surface area contributed by atoms with Gasteiger partial charge in [0.15, 0.2) is 11.5 Å². The lowest BCUT2D eigenvalue weighted by Gasteiger charge is -2.29. The van der Waals surface area contributed by atoms with E-state index in [1.165, 1.54) is 12.8 Å². The first kappa shape index (κ1) is 12.1. The Kier molecular flexibility index (Phi) is 3.78. The van der Waals surface area contributed by atoms with Gasteiger partial charge in [0.2, 0.25) is 0 Å². The van der Waals surface area contributed by atoms with Crippen LogP contribution in [0.5, 0.6) is 0 Å². The van der Waals surface area contributed by atoms with Gasteiger partial charge in [0, 0.05) is 19.7 Å². The summed E-state index contributed by atoms with van der Waals surface area (Å²) in [5.41, 5.74) is 0.354. The third-order valence-electron chi connectivity index (χ3n) is 3.14. The lowest BCUT2D eigenvalue weighted by molar-refractivity contribution is 0.0953. The molecule has 1 fully saturated rings. The average Bonchev–Trinajstić information content (AvgIpc) is 2.76. The topological polar surface area (TPSA) is 58.4 Å². The first-order chi connectivity index (χ1) is 8.19. The summed E-state index contributed by atoms with van der Waals surface area (Å²) in [7, 11) is 1.59. The fourth-order valence-corrected chi connectivity index (χ4v) is 2.27. The molecule has 0 aromatic carbocycles. The van der Waals surface area contributed by atoms with Gasteiger partial charge in [-0.3, -0.25) is 9.69 Å². The van der Waals surface area contributed by atoms with Crippen LogP contribution in [-0.2, 0) is 6.54 Å². The number of likely N-dealkylation sites (tertiary alicyclic amines) is 1. The predicted octanol–water partition coefficient (Wildman–Crippen LogP) is 1.27. The number of nitrogens with one attached hydrogen (secondary N) is 1. The van der Waals surface area contributed by atoms with Gasteiger partial charge in [-0.05, 0) is 25.3 Å². The molecule has 1 aliphatic heterocycles. The van der Waals surface area contributed by atoms with Crippen LogP contribution in [0.3, 0.4) is 0 Å². The molecule has 0 unspecified atom stereocenters. The Morgan fingerprint density at radius 3 is 3.24 bits per heavy atom. The summed E-state index contributed by atoms with van der Waals surface area (Å²) in [5, 5.41) is 6.29. The smallest absolute Gasteiger partial charge is 0.273 e. The fourth-order valence-electron chi connectivity index (χ4n) is 2.27. The van der Waals surface area contributed by atoms with Crippen molar-refractivity contribution in [3.05, 3.63) is 17.5 Å².